The third-order valence-electron chi connectivity index (χ3n) is 2.89. The van der Waals surface area contributed by atoms with Crippen LogP contribution in [-0.4, -0.2) is 28.0 Å². The molecule has 0 saturated heterocycles. The predicted octanol–water partition coefficient (Wildman–Crippen LogP) is 0.894. The first-order valence-corrected chi connectivity index (χ1v) is 6.89. The molecule has 10 heteroatoms. The first-order valence-electron chi connectivity index (χ1n) is 6.89. The number of nitrogens with two attached hydrogens (primary N) is 1. The number of nitrogens with zero attached hydrogens (tertiary/aromatic N) is 3. The number of hydrogen-bond donors (Lipinski definition) is 4. The second kappa shape index (κ2) is 7.31. The highest BCUT2D eigenvalue weighted by atomic mass is 19.1. The van der Waals surface area contributed by atoms with Crippen molar-refractivity contribution in [1.82, 2.24) is 9.97 Å². The number of quaternary nitrogens is 1. The number of aromatic nitrogens is 2. The molecule has 2 rings (SSSR count). The van der Waals surface area contributed by atoms with Crippen LogP contribution in [0.2, 0.25) is 0 Å². The number of nitro groups is 1. The molecule has 1 aromatic carbocycles. The van der Waals surface area contributed by atoms with E-state index in [2.05, 4.69) is 26.3 Å². The monoisotopic (exact) mass is 322 g/mol. The van der Waals surface area contributed by atoms with Gasteiger partial charge in [0.25, 0.3) is 0 Å². The Hall–Kier alpha value is -3.01. The lowest BCUT2D eigenvalue weighted by atomic mass is 10.3. The molecular weight excluding hydrogens is 305 g/mol. The fourth-order valence-corrected chi connectivity index (χ4v) is 1.85. The zero-order chi connectivity index (χ0) is 16.8. The van der Waals surface area contributed by atoms with Gasteiger partial charge < -0.3 is 22.1 Å². The number of halogens is 1. The summed E-state index contributed by atoms with van der Waals surface area (Å²) in [4.78, 5) is 18.4. The number of nitrogen functional groups attached to an aromatic ring is 1. The van der Waals surface area contributed by atoms with Gasteiger partial charge in [-0.15, -0.1) is 0 Å². The van der Waals surface area contributed by atoms with Gasteiger partial charge in [-0.2, -0.15) is 9.97 Å². The maximum atomic E-state index is 13.2. The maximum Gasteiger partial charge on any atom is 0.353 e. The van der Waals surface area contributed by atoms with Crippen molar-refractivity contribution in [3.8, 4) is 0 Å². The van der Waals surface area contributed by atoms with E-state index in [0.29, 0.717) is 12.2 Å². The molecule has 0 aliphatic heterocycles. The van der Waals surface area contributed by atoms with Crippen LogP contribution in [-0.2, 0) is 0 Å². The highest BCUT2D eigenvalue weighted by Gasteiger charge is 2.23. The van der Waals surface area contributed by atoms with Gasteiger partial charge in [-0.25, -0.2) is 4.39 Å². The van der Waals surface area contributed by atoms with Gasteiger partial charge in [0.05, 0.1) is 11.5 Å². The SMILES string of the molecule is Nc1nc(NCCC[NH3+])nc(Nc2cccc(F)c2)c1[N+](=O)[O-]. The van der Waals surface area contributed by atoms with Crippen LogP contribution in [0.1, 0.15) is 6.42 Å². The maximum absolute atomic E-state index is 13.2. The van der Waals surface area contributed by atoms with E-state index in [0.717, 1.165) is 13.0 Å². The molecule has 7 N–H and O–H groups in total. The van der Waals surface area contributed by atoms with Crippen molar-refractivity contribution in [3.63, 3.8) is 0 Å². The van der Waals surface area contributed by atoms with Crippen molar-refractivity contribution in [2.75, 3.05) is 29.5 Å². The van der Waals surface area contributed by atoms with Crippen LogP contribution in [0.4, 0.5) is 33.3 Å². The van der Waals surface area contributed by atoms with Gasteiger partial charge in [0, 0.05) is 18.7 Å². The third-order valence-corrected chi connectivity index (χ3v) is 2.89. The Labute approximate surface area is 131 Å². The predicted molar refractivity (Wildman–Crippen MR) is 83.6 cm³/mol. The molecule has 1 heterocycles. The Morgan fingerprint density at radius 2 is 2.17 bits per heavy atom. The van der Waals surface area contributed by atoms with E-state index in [1.807, 2.05) is 0 Å². The highest BCUT2D eigenvalue weighted by molar-refractivity contribution is 5.74. The Kier molecular flexibility index (Phi) is 5.20. The highest BCUT2D eigenvalue weighted by Crippen LogP contribution is 2.31. The lowest BCUT2D eigenvalue weighted by molar-refractivity contribution is -0.383. The van der Waals surface area contributed by atoms with Crippen LogP contribution < -0.4 is 22.1 Å². The van der Waals surface area contributed by atoms with Crippen molar-refractivity contribution in [2.45, 2.75) is 6.42 Å². The number of benzene rings is 1. The van der Waals surface area contributed by atoms with Crippen LogP contribution in [0.15, 0.2) is 24.3 Å². The van der Waals surface area contributed by atoms with Crippen molar-refractivity contribution in [3.05, 3.63) is 40.2 Å². The molecule has 0 aliphatic rings. The number of rotatable bonds is 7. The second-order valence-corrected chi connectivity index (χ2v) is 4.66. The van der Waals surface area contributed by atoms with E-state index in [1.54, 1.807) is 6.07 Å². The Morgan fingerprint density at radius 3 is 2.83 bits per heavy atom. The van der Waals surface area contributed by atoms with Gasteiger partial charge >= 0.3 is 5.69 Å². The summed E-state index contributed by atoms with van der Waals surface area (Å²) in [7, 11) is 0. The average molecular weight is 322 g/mol. The van der Waals surface area contributed by atoms with E-state index in [4.69, 9.17) is 5.73 Å². The van der Waals surface area contributed by atoms with Crippen LogP contribution in [0, 0.1) is 15.9 Å². The van der Waals surface area contributed by atoms with Crippen molar-refractivity contribution < 1.29 is 15.0 Å². The molecule has 0 amide bonds. The standard InChI is InChI=1S/C13H16FN7O2/c14-8-3-1-4-9(7-8)18-12-10(21(22)23)11(16)19-13(20-12)17-6-2-5-15/h1,3-4,7H,2,5-6,15H2,(H4,16,17,18,19,20)/p+1. The molecule has 122 valence electrons. The van der Waals surface area contributed by atoms with Crippen LogP contribution in [0.25, 0.3) is 0 Å². The number of nitrogens with one attached hydrogen (secondary N) is 2. The summed E-state index contributed by atoms with van der Waals surface area (Å²) >= 11 is 0. The summed E-state index contributed by atoms with van der Waals surface area (Å²) in [6, 6.07) is 5.49. The first kappa shape index (κ1) is 16.4. The lowest BCUT2D eigenvalue weighted by Gasteiger charge is -2.10. The topological polar surface area (TPSA) is 147 Å². The normalized spacial score (nSPS) is 10.3. The summed E-state index contributed by atoms with van der Waals surface area (Å²) < 4.78 is 13.2. The van der Waals surface area contributed by atoms with Gasteiger partial charge in [0.2, 0.25) is 17.6 Å². The Bertz CT molecular complexity index is 711. The van der Waals surface area contributed by atoms with Crippen LogP contribution in [0.5, 0.6) is 0 Å². The van der Waals surface area contributed by atoms with E-state index in [-0.39, 0.29) is 17.6 Å². The molecule has 0 aliphatic carbocycles. The minimum atomic E-state index is -0.684. The van der Waals surface area contributed by atoms with Crippen molar-refractivity contribution in [2.24, 2.45) is 0 Å². The van der Waals surface area contributed by atoms with Crippen molar-refractivity contribution in [1.29, 1.82) is 0 Å². The molecule has 0 bridgehead atoms. The zero-order valence-electron chi connectivity index (χ0n) is 12.3. The van der Waals surface area contributed by atoms with Crippen LogP contribution in [0.3, 0.4) is 0 Å². The summed E-state index contributed by atoms with van der Waals surface area (Å²) in [5.74, 6) is -0.708. The van der Waals surface area contributed by atoms with E-state index in [1.165, 1.54) is 18.2 Å². The third kappa shape index (κ3) is 4.23. The summed E-state index contributed by atoms with van der Waals surface area (Å²) in [5, 5.41) is 16.8. The molecule has 0 atom stereocenters. The van der Waals surface area contributed by atoms with E-state index >= 15 is 0 Å². The molecule has 0 radical (unpaired) electrons. The molecule has 1 aromatic heterocycles. The fraction of sp³-hybridized carbons (Fsp3) is 0.231. The summed E-state index contributed by atoms with van der Waals surface area (Å²) in [6.07, 6.45) is 0.785. The van der Waals surface area contributed by atoms with Gasteiger partial charge in [0.1, 0.15) is 5.82 Å². The smallest absolute Gasteiger partial charge is 0.353 e. The molecule has 0 saturated carbocycles. The quantitative estimate of drug-likeness (QED) is 0.336. The Morgan fingerprint density at radius 1 is 1.39 bits per heavy atom. The lowest BCUT2D eigenvalue weighted by Crippen LogP contribution is -2.50. The number of anilines is 4. The van der Waals surface area contributed by atoms with Gasteiger partial charge in [-0.3, -0.25) is 10.1 Å². The Balaban J connectivity index is 2.35. The van der Waals surface area contributed by atoms with E-state index < -0.39 is 16.4 Å². The summed E-state index contributed by atoms with van der Waals surface area (Å²) in [5.41, 5.74) is 9.22. The second-order valence-electron chi connectivity index (χ2n) is 4.66. The minimum Gasteiger partial charge on any atom is -0.378 e. The molecule has 0 fully saturated rings. The average Bonchev–Trinajstić information content (AvgIpc) is 2.46. The minimum absolute atomic E-state index is 0.106. The fourth-order valence-electron chi connectivity index (χ4n) is 1.85. The molecular formula is C13H17FN7O2+. The molecule has 0 spiro atoms. The largest absolute Gasteiger partial charge is 0.378 e. The zero-order valence-corrected chi connectivity index (χ0v) is 12.3. The van der Waals surface area contributed by atoms with Gasteiger partial charge in [-0.05, 0) is 18.2 Å². The molecule has 9 nitrogen and oxygen atoms in total. The van der Waals surface area contributed by atoms with Crippen LogP contribution >= 0.6 is 0 Å². The van der Waals surface area contributed by atoms with Gasteiger partial charge in [0.15, 0.2) is 0 Å². The summed E-state index contributed by atoms with van der Waals surface area (Å²) in [6.45, 7) is 1.28. The number of hydrogen-bond acceptors (Lipinski definition) is 7. The molecule has 2 aromatic rings. The van der Waals surface area contributed by atoms with Gasteiger partial charge in [-0.1, -0.05) is 6.07 Å². The first-order chi connectivity index (χ1) is 11.0. The van der Waals surface area contributed by atoms with E-state index in [9.17, 15) is 14.5 Å². The molecule has 23 heavy (non-hydrogen) atoms. The molecule has 0 unspecified atom stereocenters. The van der Waals surface area contributed by atoms with Crippen molar-refractivity contribution >= 4 is 29.0 Å².